The highest BCUT2D eigenvalue weighted by Gasteiger charge is 2.18. The van der Waals surface area contributed by atoms with E-state index in [4.69, 9.17) is 14.2 Å². The third-order valence-corrected chi connectivity index (χ3v) is 4.27. The molecule has 6 heteroatoms. The standard InChI is InChI=1S/C23H30N2O4/c1-7-27-20-13-18(14-21(28-8-2)22(20)29-9-3)23(26)25-24-17(6)19-11-10-15(4)12-16(19)5/h10-14H,7-9H2,1-6H3,(H,25,26). The van der Waals surface area contributed by atoms with Crippen LogP contribution in [0.5, 0.6) is 17.2 Å². The quantitative estimate of drug-likeness (QED) is 0.493. The van der Waals surface area contributed by atoms with Crippen LogP contribution in [-0.4, -0.2) is 31.4 Å². The Morgan fingerprint density at radius 1 is 0.931 bits per heavy atom. The molecule has 0 aliphatic carbocycles. The first-order chi connectivity index (χ1) is 13.9. The highest BCUT2D eigenvalue weighted by atomic mass is 16.5. The molecule has 6 nitrogen and oxygen atoms in total. The fourth-order valence-corrected chi connectivity index (χ4v) is 3.00. The Kier molecular flexibility index (Phi) is 8.07. The lowest BCUT2D eigenvalue weighted by molar-refractivity contribution is 0.0953. The molecule has 1 amide bonds. The minimum atomic E-state index is -0.348. The molecular weight excluding hydrogens is 368 g/mol. The molecule has 0 fully saturated rings. The van der Waals surface area contributed by atoms with Crippen molar-refractivity contribution in [2.45, 2.75) is 41.5 Å². The van der Waals surface area contributed by atoms with E-state index in [2.05, 4.69) is 16.6 Å². The first-order valence-electron chi connectivity index (χ1n) is 9.89. The van der Waals surface area contributed by atoms with E-state index in [0.717, 1.165) is 16.8 Å². The number of hydrogen-bond donors (Lipinski definition) is 1. The Morgan fingerprint density at radius 3 is 2.03 bits per heavy atom. The Labute approximate surface area is 172 Å². The number of hydrazone groups is 1. The van der Waals surface area contributed by atoms with E-state index in [1.165, 1.54) is 5.56 Å². The summed E-state index contributed by atoms with van der Waals surface area (Å²) in [5.74, 6) is 1.10. The van der Waals surface area contributed by atoms with Gasteiger partial charge in [-0.3, -0.25) is 4.79 Å². The first kappa shape index (κ1) is 22.3. The minimum absolute atomic E-state index is 0.348. The SMILES string of the molecule is CCOc1cc(C(=O)NN=C(C)c2ccc(C)cc2C)cc(OCC)c1OCC. The van der Waals surface area contributed by atoms with Gasteiger partial charge in [0.2, 0.25) is 5.75 Å². The van der Waals surface area contributed by atoms with E-state index >= 15 is 0 Å². The van der Waals surface area contributed by atoms with Crippen LogP contribution in [0, 0.1) is 13.8 Å². The summed E-state index contributed by atoms with van der Waals surface area (Å²) in [6, 6.07) is 9.42. The number of ether oxygens (including phenoxy) is 3. The Morgan fingerprint density at radius 2 is 1.52 bits per heavy atom. The zero-order valence-electron chi connectivity index (χ0n) is 18.1. The van der Waals surface area contributed by atoms with Crippen molar-refractivity contribution in [1.29, 1.82) is 0 Å². The first-order valence-corrected chi connectivity index (χ1v) is 9.89. The smallest absolute Gasteiger partial charge is 0.271 e. The molecule has 0 heterocycles. The van der Waals surface area contributed by atoms with E-state index < -0.39 is 0 Å². The highest BCUT2D eigenvalue weighted by molar-refractivity contribution is 6.02. The van der Waals surface area contributed by atoms with Crippen molar-refractivity contribution in [2.75, 3.05) is 19.8 Å². The third-order valence-electron chi connectivity index (χ3n) is 4.27. The molecule has 1 N–H and O–H groups in total. The van der Waals surface area contributed by atoms with Gasteiger partial charge in [-0.25, -0.2) is 5.43 Å². The van der Waals surface area contributed by atoms with Gasteiger partial charge in [0.25, 0.3) is 5.91 Å². The topological polar surface area (TPSA) is 69.2 Å². The van der Waals surface area contributed by atoms with Crippen molar-refractivity contribution in [2.24, 2.45) is 5.10 Å². The number of nitrogens with zero attached hydrogens (tertiary/aromatic N) is 1. The van der Waals surface area contributed by atoms with E-state index in [1.54, 1.807) is 12.1 Å². The van der Waals surface area contributed by atoms with Crippen LogP contribution in [0.25, 0.3) is 0 Å². The second kappa shape index (κ2) is 10.5. The number of amides is 1. The molecule has 0 spiro atoms. The Balaban J connectivity index is 2.31. The molecule has 0 radical (unpaired) electrons. The summed E-state index contributed by atoms with van der Waals surface area (Å²) in [6.45, 7) is 12.9. The van der Waals surface area contributed by atoms with Gasteiger partial charge in [-0.15, -0.1) is 0 Å². The number of carbonyl (C=O) groups excluding carboxylic acids is 1. The van der Waals surface area contributed by atoms with Gasteiger partial charge in [-0.05, 0) is 59.2 Å². The highest BCUT2D eigenvalue weighted by Crippen LogP contribution is 2.39. The van der Waals surface area contributed by atoms with Crippen molar-refractivity contribution in [3.8, 4) is 17.2 Å². The van der Waals surface area contributed by atoms with E-state index in [-0.39, 0.29) is 5.91 Å². The largest absolute Gasteiger partial charge is 0.490 e. The summed E-state index contributed by atoms with van der Waals surface area (Å²) >= 11 is 0. The number of hydrogen-bond acceptors (Lipinski definition) is 5. The molecule has 0 atom stereocenters. The summed E-state index contributed by atoms with van der Waals surface area (Å²) in [6.07, 6.45) is 0. The molecule has 2 aromatic carbocycles. The molecule has 2 rings (SSSR count). The summed E-state index contributed by atoms with van der Waals surface area (Å²) < 4.78 is 17.0. The summed E-state index contributed by atoms with van der Waals surface area (Å²) in [5.41, 5.74) is 7.03. The average Bonchev–Trinajstić information content (AvgIpc) is 2.68. The van der Waals surface area contributed by atoms with Crippen LogP contribution in [0.3, 0.4) is 0 Å². The van der Waals surface area contributed by atoms with Gasteiger partial charge in [-0.2, -0.15) is 5.10 Å². The van der Waals surface area contributed by atoms with E-state index in [0.29, 0.717) is 42.6 Å². The number of nitrogens with one attached hydrogen (secondary N) is 1. The molecular formula is C23H30N2O4. The van der Waals surface area contributed by atoms with Gasteiger partial charge in [-0.1, -0.05) is 23.8 Å². The van der Waals surface area contributed by atoms with Crippen molar-refractivity contribution in [3.05, 3.63) is 52.6 Å². The maximum absolute atomic E-state index is 12.7. The Bertz CT molecular complexity index is 863. The lowest BCUT2D eigenvalue weighted by Gasteiger charge is -2.16. The normalized spacial score (nSPS) is 11.2. The zero-order chi connectivity index (χ0) is 21.4. The molecule has 0 bridgehead atoms. The summed E-state index contributed by atoms with van der Waals surface area (Å²) in [4.78, 5) is 12.7. The van der Waals surface area contributed by atoms with Gasteiger partial charge in [0, 0.05) is 11.1 Å². The number of benzene rings is 2. The van der Waals surface area contributed by atoms with Gasteiger partial charge in [0.15, 0.2) is 11.5 Å². The average molecular weight is 399 g/mol. The van der Waals surface area contributed by atoms with E-state index in [1.807, 2.05) is 53.7 Å². The van der Waals surface area contributed by atoms with Crippen molar-refractivity contribution in [1.82, 2.24) is 5.43 Å². The Hall–Kier alpha value is -3.02. The second-order valence-electron chi connectivity index (χ2n) is 6.56. The molecule has 0 unspecified atom stereocenters. The monoisotopic (exact) mass is 398 g/mol. The van der Waals surface area contributed by atoms with Crippen molar-refractivity contribution >= 4 is 11.6 Å². The molecule has 2 aromatic rings. The van der Waals surface area contributed by atoms with Crippen molar-refractivity contribution in [3.63, 3.8) is 0 Å². The summed E-state index contributed by atoms with van der Waals surface area (Å²) in [5, 5.41) is 4.28. The lowest BCUT2D eigenvalue weighted by Crippen LogP contribution is -2.20. The number of carbonyl (C=O) groups is 1. The third kappa shape index (κ3) is 5.73. The molecule has 0 aliphatic heterocycles. The maximum Gasteiger partial charge on any atom is 0.271 e. The number of rotatable bonds is 9. The van der Waals surface area contributed by atoms with Gasteiger partial charge >= 0.3 is 0 Å². The van der Waals surface area contributed by atoms with Crippen LogP contribution in [0.1, 0.15) is 54.7 Å². The van der Waals surface area contributed by atoms with Crippen LogP contribution in [0.2, 0.25) is 0 Å². The molecule has 0 aromatic heterocycles. The molecule has 29 heavy (non-hydrogen) atoms. The minimum Gasteiger partial charge on any atom is -0.490 e. The maximum atomic E-state index is 12.7. The van der Waals surface area contributed by atoms with Crippen molar-refractivity contribution < 1.29 is 19.0 Å². The van der Waals surface area contributed by atoms with E-state index in [9.17, 15) is 4.79 Å². The van der Waals surface area contributed by atoms with Crippen LogP contribution in [-0.2, 0) is 0 Å². The van der Waals surface area contributed by atoms with Crippen LogP contribution in [0.4, 0.5) is 0 Å². The summed E-state index contributed by atoms with van der Waals surface area (Å²) in [7, 11) is 0. The fraction of sp³-hybridized carbons (Fsp3) is 0.391. The zero-order valence-corrected chi connectivity index (χ0v) is 18.1. The van der Waals surface area contributed by atoms with Gasteiger partial charge in [0.1, 0.15) is 0 Å². The molecule has 0 saturated carbocycles. The van der Waals surface area contributed by atoms with Crippen LogP contribution in [0.15, 0.2) is 35.4 Å². The lowest BCUT2D eigenvalue weighted by atomic mass is 10.0. The molecule has 0 aliphatic rings. The van der Waals surface area contributed by atoms with Gasteiger partial charge in [0.05, 0.1) is 25.5 Å². The van der Waals surface area contributed by atoms with Crippen LogP contribution >= 0.6 is 0 Å². The predicted octanol–water partition coefficient (Wildman–Crippen LogP) is 4.65. The number of aryl methyl sites for hydroxylation is 2. The molecule has 156 valence electrons. The second-order valence-corrected chi connectivity index (χ2v) is 6.56. The van der Waals surface area contributed by atoms with Crippen LogP contribution < -0.4 is 19.6 Å². The fourth-order valence-electron chi connectivity index (χ4n) is 3.00. The predicted molar refractivity (Wildman–Crippen MR) is 116 cm³/mol. The van der Waals surface area contributed by atoms with Gasteiger partial charge < -0.3 is 14.2 Å². The molecule has 0 saturated heterocycles.